The van der Waals surface area contributed by atoms with Crippen LogP contribution in [-0.4, -0.2) is 58.7 Å². The molecule has 0 bridgehead atoms. The Morgan fingerprint density at radius 2 is 1.74 bits per heavy atom. The van der Waals surface area contributed by atoms with Crippen LogP contribution in [-0.2, 0) is 10.0 Å². The number of nitrogens with zero attached hydrogens (tertiary/aromatic N) is 6. The molecule has 0 atom stereocenters. The molecule has 8 nitrogen and oxygen atoms in total. The summed E-state index contributed by atoms with van der Waals surface area (Å²) in [5, 5.41) is 12.4. The van der Waals surface area contributed by atoms with Crippen LogP contribution in [0.1, 0.15) is 5.82 Å². The third-order valence-corrected chi connectivity index (χ3v) is 6.41. The van der Waals surface area contributed by atoms with Crippen LogP contribution in [0.15, 0.2) is 35.2 Å². The Labute approximate surface area is 154 Å². The van der Waals surface area contributed by atoms with Crippen LogP contribution in [0.5, 0.6) is 0 Å². The molecule has 1 saturated heterocycles. The molecule has 3 aromatic rings. The van der Waals surface area contributed by atoms with Gasteiger partial charge in [-0.1, -0.05) is 0 Å². The summed E-state index contributed by atoms with van der Waals surface area (Å²) in [4.78, 5) is 1.42. The third kappa shape index (κ3) is 3.12. The highest BCUT2D eigenvalue weighted by atomic mass is 32.2. The highest BCUT2D eigenvalue weighted by Gasteiger charge is 2.31. The van der Waals surface area contributed by atoms with Gasteiger partial charge < -0.3 is 4.90 Å². The average molecular weight is 394 g/mol. The topological polar surface area (TPSA) is 83.7 Å². The summed E-state index contributed by atoms with van der Waals surface area (Å²) in [6.45, 7) is 2.90. The lowest BCUT2D eigenvalue weighted by molar-refractivity contribution is 0.380. The van der Waals surface area contributed by atoms with E-state index in [-0.39, 0.29) is 13.1 Å². The van der Waals surface area contributed by atoms with E-state index in [2.05, 4.69) is 15.3 Å². The van der Waals surface area contributed by atoms with Gasteiger partial charge >= 0.3 is 0 Å². The number of anilines is 1. The predicted molar refractivity (Wildman–Crippen MR) is 92.8 cm³/mol. The van der Waals surface area contributed by atoms with Crippen LogP contribution in [0.25, 0.3) is 5.65 Å². The number of hydrogen-bond acceptors (Lipinski definition) is 6. The van der Waals surface area contributed by atoms with Gasteiger partial charge in [-0.3, -0.25) is 0 Å². The van der Waals surface area contributed by atoms with Crippen LogP contribution in [0.3, 0.4) is 0 Å². The molecular formula is C16H16F2N6O2S. The molecule has 1 aliphatic heterocycles. The van der Waals surface area contributed by atoms with Crippen molar-refractivity contribution in [2.45, 2.75) is 11.8 Å². The molecule has 0 radical (unpaired) electrons. The van der Waals surface area contributed by atoms with Gasteiger partial charge in [-0.15, -0.1) is 15.3 Å². The van der Waals surface area contributed by atoms with E-state index in [1.807, 2.05) is 4.90 Å². The number of halogens is 2. The second-order valence-corrected chi connectivity index (χ2v) is 8.08. The van der Waals surface area contributed by atoms with Crippen LogP contribution >= 0.6 is 0 Å². The molecule has 0 N–H and O–H groups in total. The van der Waals surface area contributed by atoms with Crippen molar-refractivity contribution in [2.24, 2.45) is 0 Å². The maximum absolute atomic E-state index is 13.9. The minimum atomic E-state index is -4.03. The zero-order valence-corrected chi connectivity index (χ0v) is 15.2. The first kappa shape index (κ1) is 17.7. The molecule has 0 amide bonds. The molecule has 4 rings (SSSR count). The zero-order chi connectivity index (χ0) is 19.2. The first-order chi connectivity index (χ1) is 12.9. The van der Waals surface area contributed by atoms with E-state index in [0.717, 1.165) is 12.1 Å². The first-order valence-corrected chi connectivity index (χ1v) is 9.69. The summed E-state index contributed by atoms with van der Waals surface area (Å²) in [7, 11) is -4.03. The number of rotatable bonds is 3. The highest BCUT2D eigenvalue weighted by molar-refractivity contribution is 7.89. The van der Waals surface area contributed by atoms with Gasteiger partial charge in [0.2, 0.25) is 10.0 Å². The highest BCUT2D eigenvalue weighted by Crippen LogP contribution is 2.23. The number of benzene rings is 1. The standard InChI is InChI=1S/C16H16F2N6O2S/c1-11-19-20-15-4-5-16(21-24(11)15)22-6-8-23(9-7-22)27(25,26)14-3-2-12(17)10-13(14)18/h2-5,10H,6-9H2,1H3. The quantitative estimate of drug-likeness (QED) is 0.664. The summed E-state index contributed by atoms with van der Waals surface area (Å²) in [5.41, 5.74) is 0.629. The number of sulfonamides is 1. The van der Waals surface area contributed by atoms with Crippen LogP contribution in [0.2, 0.25) is 0 Å². The number of hydrogen-bond donors (Lipinski definition) is 0. The largest absolute Gasteiger partial charge is 0.353 e. The van der Waals surface area contributed by atoms with Crippen molar-refractivity contribution >= 4 is 21.5 Å². The van der Waals surface area contributed by atoms with Gasteiger partial charge in [0.25, 0.3) is 0 Å². The van der Waals surface area contributed by atoms with Gasteiger partial charge in [-0.25, -0.2) is 17.2 Å². The predicted octanol–water partition coefficient (Wildman–Crippen LogP) is 1.22. The first-order valence-electron chi connectivity index (χ1n) is 8.25. The van der Waals surface area contributed by atoms with Crippen molar-refractivity contribution in [3.8, 4) is 0 Å². The second-order valence-electron chi connectivity index (χ2n) is 6.17. The molecule has 0 spiro atoms. The van der Waals surface area contributed by atoms with Gasteiger partial charge in [-0.2, -0.15) is 8.82 Å². The lowest BCUT2D eigenvalue weighted by atomic mass is 10.3. The smallest absolute Gasteiger partial charge is 0.246 e. The van der Waals surface area contributed by atoms with E-state index < -0.39 is 26.6 Å². The fourth-order valence-electron chi connectivity index (χ4n) is 3.04. The normalized spacial score (nSPS) is 16.2. The molecule has 0 unspecified atom stereocenters. The monoisotopic (exact) mass is 394 g/mol. The summed E-state index contributed by atoms with van der Waals surface area (Å²) in [6, 6.07) is 6.06. The summed E-state index contributed by atoms with van der Waals surface area (Å²) < 4.78 is 55.1. The Kier molecular flexibility index (Phi) is 4.27. The molecule has 1 aromatic carbocycles. The number of fused-ring (bicyclic) bond motifs is 1. The molecule has 27 heavy (non-hydrogen) atoms. The maximum Gasteiger partial charge on any atom is 0.246 e. The SMILES string of the molecule is Cc1nnc2ccc(N3CCN(S(=O)(=O)c4ccc(F)cc4F)CC3)nn12. The van der Waals surface area contributed by atoms with E-state index in [0.29, 0.717) is 36.4 Å². The van der Waals surface area contributed by atoms with E-state index in [9.17, 15) is 17.2 Å². The molecule has 3 heterocycles. The Morgan fingerprint density at radius 1 is 1.00 bits per heavy atom. The Balaban J connectivity index is 1.53. The Hall–Kier alpha value is -2.66. The van der Waals surface area contributed by atoms with Crippen LogP contribution < -0.4 is 4.90 Å². The van der Waals surface area contributed by atoms with Crippen molar-refractivity contribution in [3.63, 3.8) is 0 Å². The minimum Gasteiger partial charge on any atom is -0.353 e. The molecule has 0 aliphatic carbocycles. The number of piperazine rings is 1. The van der Waals surface area contributed by atoms with Crippen molar-refractivity contribution < 1.29 is 17.2 Å². The lowest BCUT2D eigenvalue weighted by Gasteiger charge is -2.34. The van der Waals surface area contributed by atoms with E-state index in [1.165, 1.54) is 4.31 Å². The minimum absolute atomic E-state index is 0.167. The van der Waals surface area contributed by atoms with E-state index in [4.69, 9.17) is 0 Å². The van der Waals surface area contributed by atoms with Crippen molar-refractivity contribution in [1.29, 1.82) is 0 Å². The molecule has 2 aromatic heterocycles. The fraction of sp³-hybridized carbons (Fsp3) is 0.312. The van der Waals surface area contributed by atoms with Gasteiger partial charge in [0.15, 0.2) is 11.5 Å². The maximum atomic E-state index is 13.9. The van der Waals surface area contributed by atoms with Crippen molar-refractivity contribution in [1.82, 2.24) is 24.1 Å². The van der Waals surface area contributed by atoms with Crippen molar-refractivity contribution in [2.75, 3.05) is 31.1 Å². The third-order valence-electron chi connectivity index (χ3n) is 4.48. The van der Waals surface area contributed by atoms with Crippen molar-refractivity contribution in [3.05, 3.63) is 47.8 Å². The summed E-state index contributed by atoms with van der Waals surface area (Å²) in [5.74, 6) is -0.579. The van der Waals surface area contributed by atoms with Crippen LogP contribution in [0.4, 0.5) is 14.6 Å². The second kappa shape index (κ2) is 6.50. The molecule has 0 saturated carbocycles. The molecule has 142 valence electrons. The molecule has 11 heteroatoms. The van der Waals surface area contributed by atoms with Gasteiger partial charge in [-0.05, 0) is 31.2 Å². The Morgan fingerprint density at radius 3 is 2.44 bits per heavy atom. The van der Waals surface area contributed by atoms with Crippen LogP contribution in [0, 0.1) is 18.6 Å². The Bertz CT molecular complexity index is 1110. The summed E-state index contributed by atoms with van der Waals surface area (Å²) in [6.07, 6.45) is 0. The van der Waals surface area contributed by atoms with Gasteiger partial charge in [0.05, 0.1) is 0 Å². The average Bonchev–Trinajstić information content (AvgIpc) is 3.02. The zero-order valence-electron chi connectivity index (χ0n) is 14.4. The number of aryl methyl sites for hydroxylation is 1. The molecular weight excluding hydrogens is 378 g/mol. The fourth-order valence-corrected chi connectivity index (χ4v) is 4.50. The van der Waals surface area contributed by atoms with E-state index in [1.54, 1.807) is 23.6 Å². The summed E-state index contributed by atoms with van der Waals surface area (Å²) >= 11 is 0. The van der Waals surface area contributed by atoms with E-state index >= 15 is 0 Å². The molecule has 1 aliphatic rings. The van der Waals surface area contributed by atoms with Gasteiger partial charge in [0.1, 0.15) is 22.3 Å². The number of aromatic nitrogens is 4. The van der Waals surface area contributed by atoms with Gasteiger partial charge in [0, 0.05) is 32.2 Å². The molecule has 1 fully saturated rings. The lowest BCUT2D eigenvalue weighted by Crippen LogP contribution is -2.49.